The monoisotopic (exact) mass is 412 g/mol. The lowest BCUT2D eigenvalue weighted by atomic mass is 10.0. The second-order valence-electron chi connectivity index (χ2n) is 6.85. The lowest BCUT2D eigenvalue weighted by Gasteiger charge is -2.37. The van der Waals surface area contributed by atoms with Gasteiger partial charge in [-0.3, -0.25) is 9.29 Å². The molecule has 4 rings (SSSR count). The Balaban J connectivity index is 1.41. The summed E-state index contributed by atoms with van der Waals surface area (Å²) < 4.78 is 1.52. The van der Waals surface area contributed by atoms with E-state index in [1.54, 1.807) is 0 Å². The van der Waals surface area contributed by atoms with E-state index in [1.165, 1.54) is 4.31 Å². The molecule has 1 fully saturated rings. The van der Waals surface area contributed by atoms with E-state index in [9.17, 15) is 4.79 Å². The van der Waals surface area contributed by atoms with Crippen LogP contribution < -0.4 is 10.2 Å². The molecule has 1 aromatic heterocycles. The van der Waals surface area contributed by atoms with Crippen LogP contribution in [0.3, 0.4) is 0 Å². The normalized spacial score (nSPS) is 14.9. The van der Waals surface area contributed by atoms with Crippen LogP contribution in [0.25, 0.3) is 10.9 Å². The van der Waals surface area contributed by atoms with Crippen molar-refractivity contribution in [2.45, 2.75) is 18.9 Å². The first-order valence-corrected chi connectivity index (χ1v) is 10.0. The molecule has 1 saturated heterocycles. The van der Waals surface area contributed by atoms with E-state index in [4.69, 9.17) is 11.6 Å². The molecule has 0 unspecified atom stereocenters. The number of halogens is 1. The van der Waals surface area contributed by atoms with Crippen molar-refractivity contribution in [1.82, 2.24) is 9.29 Å². The van der Waals surface area contributed by atoms with Crippen molar-refractivity contribution in [3.05, 3.63) is 65.8 Å². The maximum absolute atomic E-state index is 12.5. The van der Waals surface area contributed by atoms with E-state index in [0.717, 1.165) is 48.2 Å². The summed E-state index contributed by atoms with van der Waals surface area (Å²) in [5.41, 5.74) is 2.82. The van der Waals surface area contributed by atoms with Gasteiger partial charge in [-0.25, -0.2) is 4.79 Å². The number of hydrogen-bond donors (Lipinski definition) is 2. The average molecular weight is 413 g/mol. The highest BCUT2D eigenvalue weighted by Crippen LogP contribution is 2.30. The molecule has 144 valence electrons. The number of hydrogen-bond acceptors (Lipinski definition) is 4. The van der Waals surface area contributed by atoms with Gasteiger partial charge in [0.1, 0.15) is 0 Å². The fourth-order valence-electron chi connectivity index (χ4n) is 3.60. The van der Waals surface area contributed by atoms with Gasteiger partial charge in [0.25, 0.3) is 0 Å². The minimum atomic E-state index is -0.197. The quantitative estimate of drug-likeness (QED) is 0.578. The Kier molecular flexibility index (Phi) is 5.59. The van der Waals surface area contributed by atoms with Crippen LogP contribution in [-0.2, 0) is 0 Å². The van der Waals surface area contributed by atoms with Gasteiger partial charge < -0.3 is 10.2 Å². The molecule has 1 aliphatic heterocycles. The zero-order valence-corrected chi connectivity index (χ0v) is 16.9. The van der Waals surface area contributed by atoms with E-state index in [-0.39, 0.29) is 12.1 Å². The van der Waals surface area contributed by atoms with Crippen molar-refractivity contribution in [2.75, 3.05) is 23.3 Å². The van der Waals surface area contributed by atoms with Crippen molar-refractivity contribution >= 4 is 52.7 Å². The van der Waals surface area contributed by atoms with Gasteiger partial charge in [0.05, 0.1) is 5.52 Å². The largest absolute Gasteiger partial charge is 0.371 e. The summed E-state index contributed by atoms with van der Waals surface area (Å²) in [7, 11) is 0. The Morgan fingerprint density at radius 1 is 1.14 bits per heavy atom. The molecule has 0 aliphatic carbocycles. The number of urea groups is 1. The molecule has 2 amide bonds. The topological polar surface area (TPSA) is 48.5 Å². The molecule has 28 heavy (non-hydrogen) atoms. The molecule has 2 aromatic carbocycles. The number of benzene rings is 2. The zero-order valence-electron chi connectivity index (χ0n) is 15.3. The number of amides is 2. The summed E-state index contributed by atoms with van der Waals surface area (Å²) in [6.45, 7) is 1.70. The van der Waals surface area contributed by atoms with Crippen LogP contribution in [0.2, 0.25) is 5.02 Å². The Morgan fingerprint density at radius 2 is 1.89 bits per heavy atom. The number of anilines is 2. The number of rotatable bonds is 3. The van der Waals surface area contributed by atoms with Crippen molar-refractivity contribution in [2.24, 2.45) is 0 Å². The first-order valence-electron chi connectivity index (χ1n) is 9.25. The predicted molar refractivity (Wildman–Crippen MR) is 118 cm³/mol. The van der Waals surface area contributed by atoms with Gasteiger partial charge in [0.15, 0.2) is 0 Å². The summed E-state index contributed by atoms with van der Waals surface area (Å²) >= 11 is 10.6. The highest BCUT2D eigenvalue weighted by Gasteiger charge is 2.27. The molecule has 0 spiro atoms. The third-order valence-electron chi connectivity index (χ3n) is 5.07. The van der Waals surface area contributed by atoms with Crippen LogP contribution in [0, 0.1) is 0 Å². The molecule has 0 bridgehead atoms. The molecule has 0 atom stereocenters. The van der Waals surface area contributed by atoms with Crippen LogP contribution in [-0.4, -0.2) is 34.5 Å². The number of nitrogens with one attached hydrogen (secondary N) is 1. The van der Waals surface area contributed by atoms with E-state index in [0.29, 0.717) is 5.02 Å². The summed E-state index contributed by atoms with van der Waals surface area (Å²) in [5.74, 6) is 0. The minimum absolute atomic E-state index is 0.0887. The molecule has 7 heteroatoms. The molecular weight excluding hydrogens is 392 g/mol. The Hall–Kier alpha value is -2.44. The van der Waals surface area contributed by atoms with Gasteiger partial charge >= 0.3 is 6.03 Å². The number of nitrogens with zero attached hydrogens (tertiary/aromatic N) is 3. The highest BCUT2D eigenvalue weighted by molar-refractivity contribution is 7.78. The fourth-order valence-corrected chi connectivity index (χ4v) is 4.05. The van der Waals surface area contributed by atoms with Crippen LogP contribution in [0.4, 0.5) is 16.2 Å². The molecule has 0 saturated carbocycles. The summed E-state index contributed by atoms with van der Waals surface area (Å²) in [4.78, 5) is 19.2. The van der Waals surface area contributed by atoms with Crippen LogP contribution in [0.5, 0.6) is 0 Å². The number of carbonyl (C=O) groups is 1. The van der Waals surface area contributed by atoms with Crippen LogP contribution in [0.1, 0.15) is 12.8 Å². The van der Waals surface area contributed by atoms with E-state index < -0.39 is 0 Å². The van der Waals surface area contributed by atoms with Gasteiger partial charge in [-0.1, -0.05) is 42.6 Å². The van der Waals surface area contributed by atoms with E-state index in [1.807, 2.05) is 60.8 Å². The van der Waals surface area contributed by atoms with Crippen LogP contribution >= 0.6 is 24.4 Å². The third kappa shape index (κ3) is 4.03. The zero-order chi connectivity index (χ0) is 19.5. The standard InChI is InChI=1S/C21H21ClN4OS/c22-15-6-7-18-19(14-15)23-11-8-20(18)25-12-9-17(10-13-25)26(28)21(27)24-16-4-2-1-3-5-16/h1-8,11,14,17,28H,9-10,12-13H2,(H,24,27). The smallest absolute Gasteiger partial charge is 0.331 e. The maximum Gasteiger partial charge on any atom is 0.331 e. The average Bonchev–Trinajstić information content (AvgIpc) is 2.73. The van der Waals surface area contributed by atoms with Crippen molar-refractivity contribution in [1.29, 1.82) is 0 Å². The van der Waals surface area contributed by atoms with Crippen LogP contribution in [0.15, 0.2) is 60.8 Å². The number of carbonyl (C=O) groups excluding carboxylic acids is 1. The number of thiol groups is 1. The molecule has 1 aliphatic rings. The number of aromatic nitrogens is 1. The molecule has 5 nitrogen and oxygen atoms in total. The van der Waals surface area contributed by atoms with Gasteiger partial charge in [-0.05, 0) is 49.2 Å². The van der Waals surface area contributed by atoms with Gasteiger partial charge in [-0.15, -0.1) is 0 Å². The third-order valence-corrected chi connectivity index (χ3v) is 5.81. The number of para-hydroxylation sites is 1. The van der Waals surface area contributed by atoms with Crippen molar-refractivity contribution in [3.8, 4) is 0 Å². The molecule has 0 radical (unpaired) electrons. The number of fused-ring (bicyclic) bond motifs is 1. The number of piperidine rings is 1. The fraction of sp³-hybridized carbons (Fsp3) is 0.238. The van der Waals surface area contributed by atoms with Gasteiger partial charge in [0, 0.05) is 47.1 Å². The van der Waals surface area contributed by atoms with Crippen molar-refractivity contribution in [3.63, 3.8) is 0 Å². The molecule has 1 N–H and O–H groups in total. The second kappa shape index (κ2) is 8.29. The highest BCUT2D eigenvalue weighted by atomic mass is 35.5. The molecule has 3 aromatic rings. The van der Waals surface area contributed by atoms with E-state index in [2.05, 4.69) is 28.0 Å². The SMILES string of the molecule is O=C(Nc1ccccc1)N(S)C1CCN(c2ccnc3cc(Cl)ccc23)CC1. The minimum Gasteiger partial charge on any atom is -0.371 e. The number of pyridine rings is 1. The van der Waals surface area contributed by atoms with Crippen molar-refractivity contribution < 1.29 is 4.79 Å². The first kappa shape index (κ1) is 18.9. The van der Waals surface area contributed by atoms with Gasteiger partial charge in [-0.2, -0.15) is 0 Å². The van der Waals surface area contributed by atoms with Gasteiger partial charge in [0.2, 0.25) is 0 Å². The molecule has 2 heterocycles. The second-order valence-corrected chi connectivity index (χ2v) is 7.72. The lowest BCUT2D eigenvalue weighted by Crippen LogP contribution is -2.44. The first-order chi connectivity index (χ1) is 13.6. The Bertz CT molecular complexity index is 977. The summed E-state index contributed by atoms with van der Waals surface area (Å²) in [6.07, 6.45) is 3.52. The Morgan fingerprint density at radius 3 is 2.64 bits per heavy atom. The summed E-state index contributed by atoms with van der Waals surface area (Å²) in [5, 5.41) is 4.67. The Labute approximate surface area is 174 Å². The predicted octanol–water partition coefficient (Wildman–Crippen LogP) is 5.24. The summed E-state index contributed by atoms with van der Waals surface area (Å²) in [6, 6.07) is 17.2. The van der Waals surface area contributed by atoms with E-state index >= 15 is 0 Å². The molecular formula is C21H21ClN4OS. The maximum atomic E-state index is 12.5. The lowest BCUT2D eigenvalue weighted by molar-refractivity contribution is 0.223.